The first-order valence-corrected chi connectivity index (χ1v) is 6.57. The van der Waals surface area contributed by atoms with Crippen LogP contribution in [0.1, 0.15) is 24.8 Å². The van der Waals surface area contributed by atoms with Crippen molar-refractivity contribution in [1.82, 2.24) is 5.32 Å². The summed E-state index contributed by atoms with van der Waals surface area (Å²) in [6, 6.07) is 8.06. The highest BCUT2D eigenvalue weighted by Crippen LogP contribution is 2.17. The number of benzene rings is 1. The van der Waals surface area contributed by atoms with Gasteiger partial charge in [-0.2, -0.15) is 0 Å². The Kier molecular flexibility index (Phi) is 7.43. The Hall–Kier alpha value is -1.75. The normalized spacial score (nSPS) is 11.5. The summed E-state index contributed by atoms with van der Waals surface area (Å²) in [7, 11) is 1.69. The molecule has 4 N–H and O–H groups in total. The molecular weight excluding hydrogens is 242 g/mol. The molecule has 19 heavy (non-hydrogen) atoms. The Morgan fingerprint density at radius 3 is 2.84 bits per heavy atom. The number of rotatable bonds is 9. The van der Waals surface area contributed by atoms with Gasteiger partial charge >= 0.3 is 0 Å². The van der Waals surface area contributed by atoms with Crippen LogP contribution >= 0.6 is 0 Å². The van der Waals surface area contributed by atoms with Crippen LogP contribution in [0.15, 0.2) is 29.4 Å². The number of para-hydroxylation sites is 1. The minimum Gasteiger partial charge on any atom is -0.496 e. The summed E-state index contributed by atoms with van der Waals surface area (Å²) in [5.41, 5.74) is 6.60. The molecule has 106 valence electrons. The lowest BCUT2D eigenvalue weighted by Crippen LogP contribution is -2.19. The molecule has 5 nitrogen and oxygen atoms in total. The fraction of sp³-hybridized carbons (Fsp3) is 0.500. The average molecular weight is 265 g/mol. The molecule has 0 heterocycles. The van der Waals surface area contributed by atoms with Crippen molar-refractivity contribution in [2.45, 2.75) is 25.7 Å². The molecule has 0 atom stereocenters. The van der Waals surface area contributed by atoms with E-state index in [0.29, 0.717) is 12.3 Å². The molecule has 0 aromatic heterocycles. The minimum absolute atomic E-state index is 0.300. The summed E-state index contributed by atoms with van der Waals surface area (Å²) in [4.78, 5) is 0. The predicted molar refractivity (Wildman–Crippen MR) is 76.8 cm³/mol. The molecule has 0 saturated heterocycles. The zero-order valence-corrected chi connectivity index (χ0v) is 11.4. The number of hydrogen-bond acceptors (Lipinski definition) is 4. The zero-order chi connectivity index (χ0) is 13.9. The Balaban J connectivity index is 2.11. The van der Waals surface area contributed by atoms with E-state index in [9.17, 15) is 0 Å². The summed E-state index contributed by atoms with van der Waals surface area (Å²) in [6.07, 6.45) is 3.54. The van der Waals surface area contributed by atoms with E-state index in [1.165, 1.54) is 5.56 Å². The summed E-state index contributed by atoms with van der Waals surface area (Å²) in [6.45, 7) is 1.86. The van der Waals surface area contributed by atoms with E-state index in [2.05, 4.69) is 16.5 Å². The number of oxime groups is 1. The first-order valence-electron chi connectivity index (χ1n) is 6.57. The Labute approximate surface area is 114 Å². The van der Waals surface area contributed by atoms with Crippen molar-refractivity contribution in [3.8, 4) is 5.75 Å². The SMILES string of the molecule is COc1ccccc1CCNCCCC/C(N)=N/O. The summed E-state index contributed by atoms with van der Waals surface area (Å²) in [5, 5.41) is 14.7. The van der Waals surface area contributed by atoms with Gasteiger partial charge < -0.3 is 21.0 Å². The average Bonchev–Trinajstić information content (AvgIpc) is 2.46. The van der Waals surface area contributed by atoms with E-state index in [-0.39, 0.29) is 0 Å². The Morgan fingerprint density at radius 1 is 1.32 bits per heavy atom. The van der Waals surface area contributed by atoms with E-state index in [1.54, 1.807) is 7.11 Å². The summed E-state index contributed by atoms with van der Waals surface area (Å²) < 4.78 is 5.30. The lowest BCUT2D eigenvalue weighted by atomic mass is 10.1. The molecule has 0 aliphatic rings. The maximum Gasteiger partial charge on any atom is 0.139 e. The number of unbranched alkanes of at least 4 members (excludes halogenated alkanes) is 1. The van der Waals surface area contributed by atoms with E-state index in [4.69, 9.17) is 15.7 Å². The second kappa shape index (κ2) is 9.22. The molecule has 0 spiro atoms. The quantitative estimate of drug-likeness (QED) is 0.209. The third kappa shape index (κ3) is 6.10. The lowest BCUT2D eigenvalue weighted by molar-refractivity contribution is 0.316. The molecule has 0 saturated carbocycles. The number of nitrogens with two attached hydrogens (primary N) is 1. The molecule has 1 aromatic rings. The molecule has 0 unspecified atom stereocenters. The molecule has 0 amide bonds. The van der Waals surface area contributed by atoms with Crippen LogP contribution in [0.4, 0.5) is 0 Å². The van der Waals surface area contributed by atoms with Gasteiger partial charge in [0.2, 0.25) is 0 Å². The fourth-order valence-corrected chi connectivity index (χ4v) is 1.86. The Morgan fingerprint density at radius 2 is 2.11 bits per heavy atom. The van der Waals surface area contributed by atoms with Gasteiger partial charge in [0, 0.05) is 6.42 Å². The topological polar surface area (TPSA) is 79.9 Å². The van der Waals surface area contributed by atoms with Gasteiger partial charge in [0.25, 0.3) is 0 Å². The van der Waals surface area contributed by atoms with Crippen molar-refractivity contribution in [1.29, 1.82) is 0 Å². The van der Waals surface area contributed by atoms with Gasteiger partial charge in [-0.1, -0.05) is 23.4 Å². The van der Waals surface area contributed by atoms with E-state index in [1.807, 2.05) is 18.2 Å². The minimum atomic E-state index is 0.300. The van der Waals surface area contributed by atoms with Crippen LogP contribution in [0.25, 0.3) is 0 Å². The van der Waals surface area contributed by atoms with Crippen molar-refractivity contribution in [3.63, 3.8) is 0 Å². The molecule has 0 fully saturated rings. The highest BCUT2D eigenvalue weighted by atomic mass is 16.5. The van der Waals surface area contributed by atoms with Gasteiger partial charge in [-0.05, 0) is 44.0 Å². The molecule has 5 heteroatoms. The van der Waals surface area contributed by atoms with Gasteiger partial charge in [0.1, 0.15) is 11.6 Å². The predicted octanol–water partition coefficient (Wildman–Crippen LogP) is 1.74. The van der Waals surface area contributed by atoms with Crippen molar-refractivity contribution in [2.75, 3.05) is 20.2 Å². The van der Waals surface area contributed by atoms with Crippen molar-refractivity contribution in [3.05, 3.63) is 29.8 Å². The Bertz CT molecular complexity index is 394. The van der Waals surface area contributed by atoms with E-state index >= 15 is 0 Å². The highest BCUT2D eigenvalue weighted by molar-refractivity contribution is 5.79. The first-order chi connectivity index (χ1) is 9.27. The van der Waals surface area contributed by atoms with Crippen molar-refractivity contribution < 1.29 is 9.94 Å². The molecule has 0 aliphatic carbocycles. The van der Waals surface area contributed by atoms with Crippen LogP contribution in [-0.2, 0) is 6.42 Å². The maximum atomic E-state index is 8.39. The molecule has 1 rings (SSSR count). The van der Waals surface area contributed by atoms with Crippen LogP contribution < -0.4 is 15.8 Å². The van der Waals surface area contributed by atoms with Crippen molar-refractivity contribution in [2.24, 2.45) is 10.9 Å². The highest BCUT2D eigenvalue weighted by Gasteiger charge is 2.00. The van der Waals surface area contributed by atoms with Crippen LogP contribution in [0.2, 0.25) is 0 Å². The fourth-order valence-electron chi connectivity index (χ4n) is 1.86. The largest absolute Gasteiger partial charge is 0.496 e. The van der Waals surface area contributed by atoms with Gasteiger partial charge in [-0.25, -0.2) is 0 Å². The maximum absolute atomic E-state index is 8.39. The summed E-state index contributed by atoms with van der Waals surface area (Å²) >= 11 is 0. The van der Waals surface area contributed by atoms with E-state index in [0.717, 1.165) is 38.1 Å². The number of nitrogens with one attached hydrogen (secondary N) is 1. The number of nitrogens with zero attached hydrogens (tertiary/aromatic N) is 1. The second-order valence-corrected chi connectivity index (χ2v) is 4.36. The molecule has 0 aliphatic heterocycles. The molecule has 0 bridgehead atoms. The molecular formula is C14H23N3O2. The molecule has 1 aromatic carbocycles. The van der Waals surface area contributed by atoms with Gasteiger partial charge in [-0.3, -0.25) is 0 Å². The van der Waals surface area contributed by atoms with Crippen LogP contribution in [0.5, 0.6) is 5.75 Å². The van der Waals surface area contributed by atoms with Gasteiger partial charge in [0.05, 0.1) is 7.11 Å². The number of amidine groups is 1. The number of ether oxygens (including phenoxy) is 1. The van der Waals surface area contributed by atoms with Gasteiger partial charge in [-0.15, -0.1) is 0 Å². The van der Waals surface area contributed by atoms with Crippen LogP contribution in [-0.4, -0.2) is 31.2 Å². The molecule has 0 radical (unpaired) electrons. The number of hydrogen-bond donors (Lipinski definition) is 3. The van der Waals surface area contributed by atoms with Crippen molar-refractivity contribution >= 4 is 5.84 Å². The van der Waals surface area contributed by atoms with Gasteiger partial charge in [0.15, 0.2) is 0 Å². The zero-order valence-electron chi connectivity index (χ0n) is 11.4. The third-order valence-corrected chi connectivity index (χ3v) is 2.93. The standard InChI is InChI=1S/C14H23N3O2/c1-19-13-7-3-2-6-12(13)9-11-16-10-5-4-8-14(15)17-18/h2-3,6-7,16,18H,4-5,8-11H2,1H3,(H2,15,17). The second-order valence-electron chi connectivity index (χ2n) is 4.36. The third-order valence-electron chi connectivity index (χ3n) is 2.93. The monoisotopic (exact) mass is 265 g/mol. The van der Waals surface area contributed by atoms with Crippen LogP contribution in [0.3, 0.4) is 0 Å². The smallest absolute Gasteiger partial charge is 0.139 e. The number of methoxy groups -OCH3 is 1. The van der Waals surface area contributed by atoms with Crippen LogP contribution in [0, 0.1) is 0 Å². The summed E-state index contributed by atoms with van der Waals surface area (Å²) in [5.74, 6) is 1.24. The van der Waals surface area contributed by atoms with E-state index < -0.39 is 0 Å². The first kappa shape index (κ1) is 15.3. The lowest BCUT2D eigenvalue weighted by Gasteiger charge is -2.08.